The Labute approximate surface area is 166 Å². The Bertz CT molecular complexity index is 1010. The predicted molar refractivity (Wildman–Crippen MR) is 106 cm³/mol. The highest BCUT2D eigenvalue weighted by atomic mass is 32.1. The van der Waals surface area contributed by atoms with Crippen LogP contribution in [0.5, 0.6) is 0 Å². The molecule has 0 N–H and O–H groups in total. The van der Waals surface area contributed by atoms with E-state index in [1.807, 2.05) is 32.8 Å². The van der Waals surface area contributed by atoms with Gasteiger partial charge in [-0.15, -0.1) is 11.3 Å². The number of likely N-dealkylation sites (tertiary alicyclic amines) is 2. The average Bonchev–Trinajstić information content (AvgIpc) is 3.47. The molecule has 0 radical (unpaired) electrons. The van der Waals surface area contributed by atoms with Crippen LogP contribution in [-0.4, -0.2) is 61.6 Å². The summed E-state index contributed by atoms with van der Waals surface area (Å²) in [7, 11) is 0. The Kier molecular flexibility index (Phi) is 4.35. The molecule has 0 aliphatic carbocycles. The van der Waals surface area contributed by atoms with E-state index < -0.39 is 0 Å². The molecule has 2 aliphatic heterocycles. The van der Waals surface area contributed by atoms with Crippen molar-refractivity contribution in [1.82, 2.24) is 24.6 Å². The quantitative estimate of drug-likeness (QED) is 0.665. The molecule has 0 spiro atoms. The summed E-state index contributed by atoms with van der Waals surface area (Å²) in [6, 6.07) is 8.26. The molecule has 2 saturated heterocycles. The van der Waals surface area contributed by atoms with E-state index in [0.29, 0.717) is 25.2 Å². The number of hydrogen-bond donors (Lipinski definition) is 0. The standard InChI is InChI=1S/C20H21N5O2S/c26-19-10-18-17(6-9-24(18)20(27)15-12-28-13-21-15)23(19)7-3-8-25-16-5-2-1-4-14(16)11-22-25/h1-2,4-5,11-13,17-18H,3,6-10H2/t17-,18-/m0/s1. The number of nitrogens with zero attached hydrogens (tertiary/aromatic N) is 5. The van der Waals surface area contributed by atoms with E-state index in [1.165, 1.54) is 11.3 Å². The van der Waals surface area contributed by atoms with Crippen LogP contribution in [0.1, 0.15) is 29.8 Å². The molecule has 28 heavy (non-hydrogen) atoms. The van der Waals surface area contributed by atoms with Crippen LogP contribution < -0.4 is 0 Å². The lowest BCUT2D eigenvalue weighted by Crippen LogP contribution is -2.40. The second-order valence-corrected chi connectivity index (χ2v) is 8.09. The highest BCUT2D eigenvalue weighted by Gasteiger charge is 2.48. The first kappa shape index (κ1) is 17.4. The highest BCUT2D eigenvalue weighted by molar-refractivity contribution is 7.07. The molecule has 3 aromatic rings. The van der Waals surface area contributed by atoms with Gasteiger partial charge >= 0.3 is 0 Å². The van der Waals surface area contributed by atoms with Crippen molar-refractivity contribution in [2.45, 2.75) is 37.9 Å². The average molecular weight is 395 g/mol. The van der Waals surface area contributed by atoms with Crippen molar-refractivity contribution in [1.29, 1.82) is 0 Å². The fraction of sp³-hybridized carbons (Fsp3) is 0.400. The van der Waals surface area contributed by atoms with E-state index in [4.69, 9.17) is 0 Å². The van der Waals surface area contributed by atoms with Gasteiger partial charge in [0.25, 0.3) is 5.91 Å². The molecule has 2 aliphatic rings. The van der Waals surface area contributed by atoms with Crippen LogP contribution in [0.2, 0.25) is 0 Å². The van der Waals surface area contributed by atoms with Crippen molar-refractivity contribution in [3.8, 4) is 0 Å². The van der Waals surface area contributed by atoms with E-state index in [0.717, 1.165) is 30.3 Å². The number of fused-ring (bicyclic) bond motifs is 2. The molecule has 7 nitrogen and oxygen atoms in total. The number of thiazole rings is 1. The largest absolute Gasteiger partial charge is 0.337 e. The second kappa shape index (κ2) is 7.01. The number of carbonyl (C=O) groups is 2. The van der Waals surface area contributed by atoms with E-state index in [1.54, 1.807) is 10.9 Å². The zero-order valence-corrected chi connectivity index (χ0v) is 16.2. The molecule has 0 bridgehead atoms. The zero-order valence-electron chi connectivity index (χ0n) is 15.4. The number of benzene rings is 1. The van der Waals surface area contributed by atoms with Gasteiger partial charge in [0.05, 0.1) is 29.3 Å². The first-order valence-corrected chi connectivity index (χ1v) is 10.6. The molecule has 5 rings (SSSR count). The van der Waals surface area contributed by atoms with Crippen molar-refractivity contribution in [2.75, 3.05) is 13.1 Å². The van der Waals surface area contributed by atoms with Gasteiger partial charge in [0, 0.05) is 36.8 Å². The molecule has 0 saturated carbocycles. The lowest BCUT2D eigenvalue weighted by atomic mass is 10.1. The minimum absolute atomic E-state index is 0.0211. The molecule has 2 aromatic heterocycles. The minimum Gasteiger partial charge on any atom is -0.337 e. The van der Waals surface area contributed by atoms with Crippen LogP contribution in [-0.2, 0) is 11.3 Å². The fourth-order valence-electron chi connectivity index (χ4n) is 4.53. The first-order valence-electron chi connectivity index (χ1n) is 9.61. The van der Waals surface area contributed by atoms with Crippen LogP contribution in [0.4, 0.5) is 0 Å². The summed E-state index contributed by atoms with van der Waals surface area (Å²) in [5.74, 6) is 0.0995. The summed E-state index contributed by atoms with van der Waals surface area (Å²) >= 11 is 1.42. The number of rotatable bonds is 5. The molecule has 0 unspecified atom stereocenters. The number of hydrogen-bond acceptors (Lipinski definition) is 5. The van der Waals surface area contributed by atoms with Gasteiger partial charge in [0.15, 0.2) is 0 Å². The first-order chi connectivity index (χ1) is 13.7. The monoisotopic (exact) mass is 395 g/mol. The number of amides is 2. The third-order valence-corrected chi connectivity index (χ3v) is 6.43. The molecule has 2 atom stereocenters. The van der Waals surface area contributed by atoms with Gasteiger partial charge in [0.1, 0.15) is 5.69 Å². The lowest BCUT2D eigenvalue weighted by Gasteiger charge is -2.25. The number of aryl methyl sites for hydroxylation is 1. The van der Waals surface area contributed by atoms with Gasteiger partial charge in [-0.25, -0.2) is 4.98 Å². The topological polar surface area (TPSA) is 71.3 Å². The van der Waals surface area contributed by atoms with E-state index in [-0.39, 0.29) is 23.9 Å². The summed E-state index contributed by atoms with van der Waals surface area (Å²) < 4.78 is 2.00. The predicted octanol–water partition coefficient (Wildman–Crippen LogP) is 2.40. The van der Waals surface area contributed by atoms with Crippen LogP contribution >= 0.6 is 11.3 Å². The van der Waals surface area contributed by atoms with Crippen LogP contribution in [0, 0.1) is 0 Å². The van der Waals surface area contributed by atoms with E-state index >= 15 is 0 Å². The molecule has 4 heterocycles. The number of para-hydroxylation sites is 1. The van der Waals surface area contributed by atoms with Gasteiger partial charge in [-0.3, -0.25) is 14.3 Å². The summed E-state index contributed by atoms with van der Waals surface area (Å²) in [4.78, 5) is 33.2. The third-order valence-electron chi connectivity index (χ3n) is 5.85. The van der Waals surface area contributed by atoms with Crippen molar-refractivity contribution >= 4 is 34.1 Å². The molecule has 1 aromatic carbocycles. The van der Waals surface area contributed by atoms with Crippen molar-refractivity contribution in [2.24, 2.45) is 0 Å². The summed E-state index contributed by atoms with van der Waals surface area (Å²) in [6.45, 7) is 2.17. The molecule has 144 valence electrons. The Hall–Kier alpha value is -2.74. The molecular formula is C20H21N5O2S. The van der Waals surface area contributed by atoms with Gasteiger partial charge in [0.2, 0.25) is 5.91 Å². The lowest BCUT2D eigenvalue weighted by molar-refractivity contribution is -0.129. The Balaban J connectivity index is 1.23. The van der Waals surface area contributed by atoms with E-state index in [9.17, 15) is 9.59 Å². The van der Waals surface area contributed by atoms with Crippen LogP contribution in [0.25, 0.3) is 10.9 Å². The summed E-state index contributed by atoms with van der Waals surface area (Å²) in [5.41, 5.74) is 3.28. The normalized spacial score (nSPS) is 21.6. The number of aromatic nitrogens is 3. The Morgan fingerprint density at radius 1 is 1.21 bits per heavy atom. The zero-order chi connectivity index (χ0) is 19.1. The van der Waals surface area contributed by atoms with Crippen LogP contribution in [0.15, 0.2) is 41.4 Å². The Morgan fingerprint density at radius 2 is 2.11 bits per heavy atom. The molecule has 2 amide bonds. The molecular weight excluding hydrogens is 374 g/mol. The maximum absolute atomic E-state index is 12.7. The molecule has 2 fully saturated rings. The van der Waals surface area contributed by atoms with Gasteiger partial charge in [-0.2, -0.15) is 5.10 Å². The number of carbonyl (C=O) groups excluding carboxylic acids is 2. The van der Waals surface area contributed by atoms with Crippen molar-refractivity contribution in [3.63, 3.8) is 0 Å². The van der Waals surface area contributed by atoms with Crippen molar-refractivity contribution in [3.05, 3.63) is 47.0 Å². The summed E-state index contributed by atoms with van der Waals surface area (Å²) in [6.07, 6.45) is 3.99. The van der Waals surface area contributed by atoms with Crippen molar-refractivity contribution < 1.29 is 9.59 Å². The summed E-state index contributed by atoms with van der Waals surface area (Å²) in [5, 5.41) is 7.37. The van der Waals surface area contributed by atoms with Gasteiger partial charge < -0.3 is 9.80 Å². The SMILES string of the molecule is O=C1C[C@H]2[C@H](CCN2C(=O)c2cscn2)N1CCCn1ncc2ccccc21. The van der Waals surface area contributed by atoms with Gasteiger partial charge in [-0.1, -0.05) is 18.2 Å². The Morgan fingerprint density at radius 3 is 2.96 bits per heavy atom. The second-order valence-electron chi connectivity index (χ2n) is 7.37. The maximum atomic E-state index is 12.7. The smallest absolute Gasteiger partial charge is 0.273 e. The highest BCUT2D eigenvalue weighted by Crippen LogP contribution is 2.33. The van der Waals surface area contributed by atoms with Gasteiger partial charge in [-0.05, 0) is 18.9 Å². The minimum atomic E-state index is -0.0496. The van der Waals surface area contributed by atoms with E-state index in [2.05, 4.69) is 22.2 Å². The van der Waals surface area contributed by atoms with Crippen LogP contribution in [0.3, 0.4) is 0 Å². The third kappa shape index (κ3) is 2.88. The maximum Gasteiger partial charge on any atom is 0.273 e. The fourth-order valence-corrected chi connectivity index (χ4v) is 5.06. The molecule has 8 heteroatoms.